The Morgan fingerprint density at radius 1 is 1.43 bits per heavy atom. The molecular formula is C14H15BrF3NO2. The average Bonchev–Trinajstić information content (AvgIpc) is 3.22. The second kappa shape index (κ2) is 6.36. The zero-order valence-corrected chi connectivity index (χ0v) is 13.0. The maximum atomic E-state index is 12.8. The lowest BCUT2D eigenvalue weighted by molar-refractivity contribution is -0.137. The maximum absolute atomic E-state index is 12.8. The predicted octanol–water partition coefficient (Wildman–Crippen LogP) is 3.72. The van der Waals surface area contributed by atoms with E-state index in [1.165, 1.54) is 13.2 Å². The lowest BCUT2D eigenvalue weighted by Crippen LogP contribution is -2.36. The third-order valence-corrected chi connectivity index (χ3v) is 4.00. The summed E-state index contributed by atoms with van der Waals surface area (Å²) in [5.41, 5.74) is -0.788. The van der Waals surface area contributed by atoms with Crippen molar-refractivity contribution in [2.75, 3.05) is 20.3 Å². The lowest BCUT2D eigenvalue weighted by atomic mass is 10.1. The molecule has 1 aliphatic rings. The van der Waals surface area contributed by atoms with Gasteiger partial charge in [0.1, 0.15) is 0 Å². The van der Waals surface area contributed by atoms with Gasteiger partial charge in [-0.25, -0.2) is 0 Å². The normalized spacial score (nSPS) is 15.1. The average molecular weight is 366 g/mol. The summed E-state index contributed by atoms with van der Waals surface area (Å²) in [6.07, 6.45) is -2.70. The van der Waals surface area contributed by atoms with Gasteiger partial charge in [0, 0.05) is 24.2 Å². The fourth-order valence-corrected chi connectivity index (χ4v) is 2.46. The molecule has 1 amide bonds. The molecule has 1 aromatic rings. The molecule has 0 radical (unpaired) electrons. The summed E-state index contributed by atoms with van der Waals surface area (Å²) in [5, 5.41) is 0. The maximum Gasteiger partial charge on any atom is 0.416 e. The van der Waals surface area contributed by atoms with Gasteiger partial charge in [-0.2, -0.15) is 13.2 Å². The highest BCUT2D eigenvalue weighted by molar-refractivity contribution is 9.10. The highest BCUT2D eigenvalue weighted by Crippen LogP contribution is 2.34. The van der Waals surface area contributed by atoms with Crippen LogP contribution < -0.4 is 0 Å². The Labute approximate surface area is 129 Å². The Hall–Kier alpha value is -1.08. The van der Waals surface area contributed by atoms with Gasteiger partial charge in [-0.3, -0.25) is 4.79 Å². The second-order valence-electron chi connectivity index (χ2n) is 4.91. The van der Waals surface area contributed by atoms with Crippen LogP contribution in [0.2, 0.25) is 0 Å². The fourth-order valence-electron chi connectivity index (χ4n) is 2.05. The largest absolute Gasteiger partial charge is 0.416 e. The molecule has 0 unspecified atom stereocenters. The lowest BCUT2D eigenvalue weighted by Gasteiger charge is -2.23. The van der Waals surface area contributed by atoms with E-state index in [9.17, 15) is 18.0 Å². The summed E-state index contributed by atoms with van der Waals surface area (Å²) >= 11 is 3.16. The van der Waals surface area contributed by atoms with Crippen LogP contribution in [0.25, 0.3) is 0 Å². The zero-order valence-electron chi connectivity index (χ0n) is 11.4. The van der Waals surface area contributed by atoms with Gasteiger partial charge in [0.15, 0.2) is 0 Å². The van der Waals surface area contributed by atoms with Crippen LogP contribution in [-0.4, -0.2) is 37.1 Å². The molecule has 0 N–H and O–H groups in total. The molecule has 7 heteroatoms. The number of methoxy groups -OCH3 is 1. The number of nitrogens with zero attached hydrogens (tertiary/aromatic N) is 1. The van der Waals surface area contributed by atoms with E-state index in [1.807, 2.05) is 0 Å². The molecule has 21 heavy (non-hydrogen) atoms. The van der Waals surface area contributed by atoms with Crippen molar-refractivity contribution >= 4 is 21.8 Å². The summed E-state index contributed by atoms with van der Waals surface area (Å²) in [4.78, 5) is 14.1. The van der Waals surface area contributed by atoms with Gasteiger partial charge < -0.3 is 9.64 Å². The molecule has 1 aromatic carbocycles. The standard InChI is InChI=1S/C14H15BrF3NO2/c1-21-7-6-19(10-3-4-10)13(20)11-8-9(14(16,17)18)2-5-12(11)15/h2,5,8,10H,3-4,6-7H2,1H3. The van der Waals surface area contributed by atoms with E-state index < -0.39 is 17.6 Å². The molecule has 1 saturated carbocycles. The number of carbonyl (C=O) groups excluding carboxylic acids is 1. The summed E-state index contributed by atoms with van der Waals surface area (Å²) in [7, 11) is 1.52. The number of amides is 1. The van der Waals surface area contributed by atoms with Gasteiger partial charge in [-0.15, -0.1) is 0 Å². The summed E-state index contributed by atoms with van der Waals surface area (Å²) in [5.74, 6) is -0.396. The van der Waals surface area contributed by atoms with Gasteiger partial charge >= 0.3 is 6.18 Å². The molecule has 0 atom stereocenters. The van der Waals surface area contributed by atoms with Crippen molar-refractivity contribution in [1.82, 2.24) is 4.90 Å². The molecule has 0 bridgehead atoms. The molecule has 0 heterocycles. The summed E-state index contributed by atoms with van der Waals surface area (Å²) in [6.45, 7) is 0.738. The first kappa shape index (κ1) is 16.3. The van der Waals surface area contributed by atoms with Gasteiger partial charge in [0.05, 0.1) is 17.7 Å². The topological polar surface area (TPSA) is 29.5 Å². The molecule has 0 aliphatic heterocycles. The number of alkyl halides is 3. The Balaban J connectivity index is 2.28. The predicted molar refractivity (Wildman–Crippen MR) is 75.1 cm³/mol. The number of carbonyl (C=O) groups is 1. The Morgan fingerprint density at radius 3 is 2.62 bits per heavy atom. The minimum atomic E-state index is -4.47. The highest BCUT2D eigenvalue weighted by Gasteiger charge is 2.35. The minimum Gasteiger partial charge on any atom is -0.383 e. The van der Waals surface area contributed by atoms with E-state index in [1.54, 1.807) is 4.90 Å². The molecule has 0 aromatic heterocycles. The fraction of sp³-hybridized carbons (Fsp3) is 0.500. The number of halogens is 4. The van der Waals surface area contributed by atoms with E-state index in [2.05, 4.69) is 15.9 Å². The quantitative estimate of drug-likeness (QED) is 0.795. The number of hydrogen-bond acceptors (Lipinski definition) is 2. The van der Waals surface area contributed by atoms with Crippen LogP contribution in [0.1, 0.15) is 28.8 Å². The van der Waals surface area contributed by atoms with Crippen LogP contribution in [0, 0.1) is 0 Å². The number of ether oxygens (including phenoxy) is 1. The third-order valence-electron chi connectivity index (χ3n) is 3.31. The van der Waals surface area contributed by atoms with Crippen LogP contribution in [0.15, 0.2) is 22.7 Å². The first-order chi connectivity index (χ1) is 9.84. The Morgan fingerprint density at radius 2 is 2.10 bits per heavy atom. The molecule has 1 aliphatic carbocycles. The Bertz CT molecular complexity index is 529. The van der Waals surface area contributed by atoms with Gasteiger partial charge in [0.2, 0.25) is 0 Å². The van der Waals surface area contributed by atoms with Gasteiger partial charge in [-0.05, 0) is 47.0 Å². The molecule has 116 valence electrons. The number of hydrogen-bond donors (Lipinski definition) is 0. The number of rotatable bonds is 5. The molecule has 3 nitrogen and oxygen atoms in total. The SMILES string of the molecule is COCCN(C(=O)c1cc(C(F)(F)F)ccc1Br)C1CC1. The van der Waals surface area contributed by atoms with E-state index in [0.717, 1.165) is 25.0 Å². The molecule has 0 spiro atoms. The zero-order chi connectivity index (χ0) is 15.6. The van der Waals surface area contributed by atoms with Crippen LogP contribution in [0.5, 0.6) is 0 Å². The molecular weight excluding hydrogens is 351 g/mol. The monoisotopic (exact) mass is 365 g/mol. The van der Waals surface area contributed by atoms with Crippen LogP contribution in [0.4, 0.5) is 13.2 Å². The molecule has 0 saturated heterocycles. The van der Waals surface area contributed by atoms with Crippen molar-refractivity contribution in [2.24, 2.45) is 0 Å². The van der Waals surface area contributed by atoms with Crippen molar-refractivity contribution in [2.45, 2.75) is 25.1 Å². The highest BCUT2D eigenvalue weighted by atomic mass is 79.9. The van der Waals surface area contributed by atoms with E-state index in [-0.39, 0.29) is 11.6 Å². The van der Waals surface area contributed by atoms with Crippen molar-refractivity contribution < 1.29 is 22.7 Å². The first-order valence-electron chi connectivity index (χ1n) is 6.51. The van der Waals surface area contributed by atoms with E-state index in [0.29, 0.717) is 17.6 Å². The van der Waals surface area contributed by atoms with Gasteiger partial charge in [-0.1, -0.05) is 0 Å². The van der Waals surface area contributed by atoms with Crippen molar-refractivity contribution in [1.29, 1.82) is 0 Å². The van der Waals surface area contributed by atoms with Crippen molar-refractivity contribution in [3.8, 4) is 0 Å². The number of benzene rings is 1. The molecule has 1 fully saturated rings. The van der Waals surface area contributed by atoms with E-state index in [4.69, 9.17) is 4.74 Å². The first-order valence-corrected chi connectivity index (χ1v) is 7.30. The van der Waals surface area contributed by atoms with E-state index >= 15 is 0 Å². The van der Waals surface area contributed by atoms with Crippen LogP contribution >= 0.6 is 15.9 Å². The van der Waals surface area contributed by atoms with Crippen LogP contribution in [0.3, 0.4) is 0 Å². The van der Waals surface area contributed by atoms with Crippen molar-refractivity contribution in [3.63, 3.8) is 0 Å². The second-order valence-corrected chi connectivity index (χ2v) is 5.77. The summed E-state index contributed by atoms with van der Waals surface area (Å²) in [6, 6.07) is 3.22. The minimum absolute atomic E-state index is 0.0350. The third kappa shape index (κ3) is 3.97. The van der Waals surface area contributed by atoms with Gasteiger partial charge in [0.25, 0.3) is 5.91 Å². The molecule has 2 rings (SSSR count). The van der Waals surface area contributed by atoms with Crippen LogP contribution in [-0.2, 0) is 10.9 Å². The van der Waals surface area contributed by atoms with Crippen molar-refractivity contribution in [3.05, 3.63) is 33.8 Å². The smallest absolute Gasteiger partial charge is 0.383 e. The summed E-state index contributed by atoms with van der Waals surface area (Å²) < 4.78 is 43.7. The Kier molecular flexibility index (Phi) is 4.93.